The van der Waals surface area contributed by atoms with Gasteiger partial charge in [0.05, 0.1) is 5.56 Å². The molecule has 0 radical (unpaired) electrons. The van der Waals surface area contributed by atoms with Gasteiger partial charge in [0.15, 0.2) is 0 Å². The van der Waals surface area contributed by atoms with Crippen LogP contribution in [-0.4, -0.2) is 39.4 Å². The van der Waals surface area contributed by atoms with Crippen molar-refractivity contribution in [3.63, 3.8) is 0 Å². The topological polar surface area (TPSA) is 92.2 Å². The summed E-state index contributed by atoms with van der Waals surface area (Å²) >= 11 is 0. The average Bonchev–Trinajstić information content (AvgIpc) is 3.03. The molecule has 2 N–H and O–H groups in total. The zero-order chi connectivity index (χ0) is 17.2. The van der Waals surface area contributed by atoms with E-state index < -0.39 is 11.8 Å². The summed E-state index contributed by atoms with van der Waals surface area (Å²) in [6.07, 6.45) is 7.50. The van der Waals surface area contributed by atoms with E-state index in [0.29, 0.717) is 11.3 Å². The van der Waals surface area contributed by atoms with Crippen LogP contribution >= 0.6 is 0 Å². The molecule has 1 fully saturated rings. The predicted molar refractivity (Wildman–Crippen MR) is 91.2 cm³/mol. The summed E-state index contributed by atoms with van der Waals surface area (Å²) < 4.78 is 2.00. The number of nitrogens with zero attached hydrogens (tertiary/aromatic N) is 4. The van der Waals surface area contributed by atoms with Crippen LogP contribution < -0.4 is 15.8 Å². The summed E-state index contributed by atoms with van der Waals surface area (Å²) in [5.41, 5.74) is 5.55. The van der Waals surface area contributed by atoms with Crippen LogP contribution in [0.15, 0.2) is 24.5 Å². The number of hydrogen-bond acceptors (Lipinski definition) is 5. The highest BCUT2D eigenvalue weighted by atomic mass is 16.2. The Kier molecular flexibility index (Phi) is 4.09. The quantitative estimate of drug-likeness (QED) is 0.810. The second-order valence-electron chi connectivity index (χ2n) is 6.35. The molecule has 2 aromatic rings. The molecule has 0 spiro atoms. The minimum Gasteiger partial charge on any atom is -0.356 e. The van der Waals surface area contributed by atoms with Crippen LogP contribution in [0.4, 0.5) is 5.82 Å². The van der Waals surface area contributed by atoms with Crippen molar-refractivity contribution < 1.29 is 9.59 Å². The lowest BCUT2D eigenvalue weighted by Gasteiger charge is -2.31. The van der Waals surface area contributed by atoms with Gasteiger partial charge in [-0.2, -0.15) is 0 Å². The summed E-state index contributed by atoms with van der Waals surface area (Å²) in [7, 11) is 0. The molecule has 0 saturated carbocycles. The number of pyridine rings is 1. The number of hydrogen-bond donors (Lipinski definition) is 2. The van der Waals surface area contributed by atoms with Gasteiger partial charge < -0.3 is 9.47 Å². The number of aryl methyl sites for hydroxylation is 2. The third kappa shape index (κ3) is 3.19. The maximum Gasteiger partial charge on any atom is 0.289 e. The van der Waals surface area contributed by atoms with Crippen molar-refractivity contribution in [2.75, 3.05) is 18.0 Å². The lowest BCUT2D eigenvalue weighted by atomic mass is 10.2. The summed E-state index contributed by atoms with van der Waals surface area (Å²) in [4.78, 5) is 35.1. The van der Waals surface area contributed by atoms with Gasteiger partial charge in [-0.05, 0) is 31.4 Å². The van der Waals surface area contributed by atoms with Gasteiger partial charge in [0, 0.05) is 38.4 Å². The van der Waals surface area contributed by atoms with Crippen LogP contribution in [0.2, 0.25) is 0 Å². The molecular formula is C17H20N6O2. The third-order valence-electron chi connectivity index (χ3n) is 4.62. The number of nitrogens with one attached hydrogen (secondary N) is 2. The number of carbonyl (C=O) groups is 2. The van der Waals surface area contributed by atoms with Crippen LogP contribution in [0, 0.1) is 0 Å². The molecule has 130 valence electrons. The van der Waals surface area contributed by atoms with Crippen LogP contribution in [0.25, 0.3) is 0 Å². The maximum absolute atomic E-state index is 12.2. The van der Waals surface area contributed by atoms with Crippen molar-refractivity contribution in [1.82, 2.24) is 25.4 Å². The zero-order valence-electron chi connectivity index (χ0n) is 13.9. The number of amides is 2. The van der Waals surface area contributed by atoms with Gasteiger partial charge >= 0.3 is 0 Å². The van der Waals surface area contributed by atoms with Gasteiger partial charge in [-0.25, -0.2) is 9.97 Å². The highest BCUT2D eigenvalue weighted by Gasteiger charge is 2.18. The number of imidazole rings is 1. The second-order valence-corrected chi connectivity index (χ2v) is 6.35. The van der Waals surface area contributed by atoms with Crippen LogP contribution in [-0.2, 0) is 13.0 Å². The molecule has 0 unspecified atom stereocenters. The van der Waals surface area contributed by atoms with Gasteiger partial charge in [0.1, 0.15) is 17.3 Å². The summed E-state index contributed by atoms with van der Waals surface area (Å²) in [6.45, 7) is 2.89. The number of anilines is 1. The lowest BCUT2D eigenvalue weighted by molar-refractivity contribution is 0.0844. The number of aromatic nitrogens is 3. The highest BCUT2D eigenvalue weighted by molar-refractivity contribution is 5.98. The fourth-order valence-corrected chi connectivity index (χ4v) is 3.02. The largest absolute Gasteiger partial charge is 0.356 e. The smallest absolute Gasteiger partial charge is 0.289 e. The van der Waals surface area contributed by atoms with Crippen LogP contribution in [0.5, 0.6) is 0 Å². The molecule has 2 aliphatic heterocycles. The monoisotopic (exact) mass is 340 g/mol. The molecule has 25 heavy (non-hydrogen) atoms. The molecule has 0 bridgehead atoms. The minimum atomic E-state index is -0.416. The first kappa shape index (κ1) is 15.6. The first-order valence-corrected chi connectivity index (χ1v) is 8.58. The van der Waals surface area contributed by atoms with E-state index in [-0.39, 0.29) is 0 Å². The maximum atomic E-state index is 12.2. The normalized spacial score (nSPS) is 15.9. The van der Waals surface area contributed by atoms with Gasteiger partial charge in [0.25, 0.3) is 11.8 Å². The Bertz CT molecular complexity index is 770. The first-order chi connectivity index (χ1) is 12.2. The summed E-state index contributed by atoms with van der Waals surface area (Å²) in [6, 6.07) is 3.52. The van der Waals surface area contributed by atoms with Crippen molar-refractivity contribution in [3.8, 4) is 0 Å². The zero-order valence-corrected chi connectivity index (χ0v) is 13.9. The molecule has 1 saturated heterocycles. The van der Waals surface area contributed by atoms with E-state index >= 15 is 0 Å². The van der Waals surface area contributed by atoms with Crippen molar-refractivity contribution in [2.45, 2.75) is 32.2 Å². The lowest BCUT2D eigenvalue weighted by Crippen LogP contribution is -2.42. The van der Waals surface area contributed by atoms with E-state index in [4.69, 9.17) is 0 Å². The SMILES string of the molecule is O=C(NNC(=O)c1cn2c(n1)CCCC2)c1ccc(N2CCC2)nc1. The van der Waals surface area contributed by atoms with Gasteiger partial charge in [-0.3, -0.25) is 20.4 Å². The second kappa shape index (κ2) is 6.54. The van der Waals surface area contributed by atoms with Crippen molar-refractivity contribution in [2.24, 2.45) is 0 Å². The molecule has 2 aromatic heterocycles. The Balaban J connectivity index is 1.34. The van der Waals surface area contributed by atoms with Gasteiger partial charge in [-0.15, -0.1) is 0 Å². The van der Waals surface area contributed by atoms with Crippen LogP contribution in [0.1, 0.15) is 45.9 Å². The molecule has 8 nitrogen and oxygen atoms in total. The fraction of sp³-hybridized carbons (Fsp3) is 0.412. The Morgan fingerprint density at radius 1 is 1.00 bits per heavy atom. The molecule has 8 heteroatoms. The summed E-state index contributed by atoms with van der Waals surface area (Å²) in [5, 5.41) is 0. The Hall–Kier alpha value is -2.90. The number of fused-ring (bicyclic) bond motifs is 1. The number of hydrazine groups is 1. The van der Waals surface area contributed by atoms with Gasteiger partial charge in [0.2, 0.25) is 0 Å². The Morgan fingerprint density at radius 3 is 2.52 bits per heavy atom. The summed E-state index contributed by atoms with van der Waals surface area (Å²) in [5.74, 6) is 0.976. The molecule has 4 rings (SSSR count). The predicted octanol–water partition coefficient (Wildman–Crippen LogP) is 0.899. The van der Waals surface area contributed by atoms with Crippen molar-refractivity contribution >= 4 is 17.6 Å². The van der Waals surface area contributed by atoms with E-state index in [0.717, 1.165) is 50.5 Å². The molecule has 0 atom stereocenters. The Labute approximate surface area is 145 Å². The molecule has 0 aromatic carbocycles. The van der Waals surface area contributed by atoms with Crippen molar-refractivity contribution in [3.05, 3.63) is 41.6 Å². The number of carbonyl (C=O) groups excluding carboxylic acids is 2. The van der Waals surface area contributed by atoms with E-state index in [1.165, 1.54) is 12.6 Å². The minimum absolute atomic E-state index is 0.323. The van der Waals surface area contributed by atoms with E-state index in [2.05, 4.69) is 25.7 Å². The van der Waals surface area contributed by atoms with E-state index in [1.807, 2.05) is 10.6 Å². The fourth-order valence-electron chi connectivity index (χ4n) is 3.02. The molecular weight excluding hydrogens is 320 g/mol. The third-order valence-corrected chi connectivity index (χ3v) is 4.62. The average molecular weight is 340 g/mol. The standard InChI is InChI=1S/C17H20N6O2/c24-16(12-5-6-14(18-10-12)22-8-3-9-22)20-21-17(25)13-11-23-7-2-1-4-15(23)19-13/h5-6,10-11H,1-4,7-9H2,(H,20,24)(H,21,25). The molecule has 2 amide bonds. The first-order valence-electron chi connectivity index (χ1n) is 8.58. The van der Waals surface area contributed by atoms with E-state index in [9.17, 15) is 9.59 Å². The molecule has 2 aliphatic rings. The number of rotatable bonds is 3. The Morgan fingerprint density at radius 2 is 1.84 bits per heavy atom. The van der Waals surface area contributed by atoms with E-state index in [1.54, 1.807) is 12.3 Å². The highest BCUT2D eigenvalue weighted by Crippen LogP contribution is 2.17. The van der Waals surface area contributed by atoms with Gasteiger partial charge in [-0.1, -0.05) is 0 Å². The molecule has 0 aliphatic carbocycles. The van der Waals surface area contributed by atoms with Crippen LogP contribution in [0.3, 0.4) is 0 Å². The van der Waals surface area contributed by atoms with Crippen molar-refractivity contribution in [1.29, 1.82) is 0 Å². The molecule has 4 heterocycles.